The van der Waals surface area contributed by atoms with Crippen molar-refractivity contribution in [2.45, 2.75) is 174 Å². The summed E-state index contributed by atoms with van der Waals surface area (Å²) in [6.07, 6.45) is 38.9. The minimum absolute atomic E-state index is 1.02. The predicted molar refractivity (Wildman–Crippen MR) is 136 cm³/mol. The molecule has 30 heavy (non-hydrogen) atoms. The van der Waals surface area contributed by atoms with Crippen LogP contribution < -0.4 is 0 Å². The SMILES string of the molecule is CCCCCCCCCCCCCCCCCC([C]1CCCCC1)C1CCCCC1. The highest BCUT2D eigenvalue weighted by molar-refractivity contribution is 5.01. The maximum absolute atomic E-state index is 2.31. The molecule has 2 aliphatic rings. The molecule has 0 N–H and O–H groups in total. The summed E-state index contributed by atoms with van der Waals surface area (Å²) in [4.78, 5) is 0. The van der Waals surface area contributed by atoms with Gasteiger partial charge in [0.2, 0.25) is 0 Å². The van der Waals surface area contributed by atoms with E-state index in [4.69, 9.17) is 0 Å². The monoisotopic (exact) mass is 417 g/mol. The van der Waals surface area contributed by atoms with Crippen LogP contribution in [0.1, 0.15) is 174 Å². The molecule has 0 aliphatic heterocycles. The molecule has 0 spiro atoms. The molecule has 2 aliphatic carbocycles. The van der Waals surface area contributed by atoms with Gasteiger partial charge in [-0.15, -0.1) is 0 Å². The third kappa shape index (κ3) is 12.1. The van der Waals surface area contributed by atoms with Crippen molar-refractivity contribution in [3.63, 3.8) is 0 Å². The van der Waals surface area contributed by atoms with E-state index in [1.807, 2.05) is 5.92 Å². The van der Waals surface area contributed by atoms with Crippen LogP contribution in [-0.2, 0) is 0 Å². The van der Waals surface area contributed by atoms with Crippen molar-refractivity contribution in [3.8, 4) is 0 Å². The molecule has 1 radical (unpaired) electrons. The van der Waals surface area contributed by atoms with Gasteiger partial charge in [-0.2, -0.15) is 0 Å². The minimum Gasteiger partial charge on any atom is -0.0654 e. The molecule has 0 nitrogen and oxygen atoms in total. The fourth-order valence-corrected chi connectivity index (χ4v) is 6.42. The molecular formula is C30H57. The second kappa shape index (κ2) is 18.6. The lowest BCUT2D eigenvalue weighted by atomic mass is 9.68. The first-order valence-corrected chi connectivity index (χ1v) is 14.8. The molecule has 0 aromatic heterocycles. The van der Waals surface area contributed by atoms with Gasteiger partial charge in [-0.3, -0.25) is 0 Å². The van der Waals surface area contributed by atoms with Gasteiger partial charge in [-0.05, 0) is 37.0 Å². The quantitative estimate of drug-likeness (QED) is 0.194. The number of unbranched alkanes of at least 4 members (excludes halogenated alkanes) is 14. The van der Waals surface area contributed by atoms with Crippen LogP contribution in [0.2, 0.25) is 0 Å². The van der Waals surface area contributed by atoms with Crippen LogP contribution in [0, 0.1) is 17.8 Å². The van der Waals surface area contributed by atoms with Crippen molar-refractivity contribution < 1.29 is 0 Å². The number of rotatable bonds is 18. The molecule has 0 bridgehead atoms. The fourth-order valence-electron chi connectivity index (χ4n) is 6.42. The van der Waals surface area contributed by atoms with Gasteiger partial charge in [-0.1, -0.05) is 155 Å². The van der Waals surface area contributed by atoms with E-state index in [1.165, 1.54) is 154 Å². The molecule has 0 saturated heterocycles. The first-order chi connectivity index (χ1) is 14.9. The van der Waals surface area contributed by atoms with E-state index in [0.717, 1.165) is 11.8 Å². The Hall–Kier alpha value is 0. The molecule has 1 unspecified atom stereocenters. The van der Waals surface area contributed by atoms with Crippen molar-refractivity contribution >= 4 is 0 Å². The van der Waals surface area contributed by atoms with Crippen molar-refractivity contribution in [2.24, 2.45) is 11.8 Å². The van der Waals surface area contributed by atoms with E-state index >= 15 is 0 Å². The average Bonchev–Trinajstić information content (AvgIpc) is 2.80. The summed E-state index contributed by atoms with van der Waals surface area (Å²) in [6, 6.07) is 0. The van der Waals surface area contributed by atoms with Gasteiger partial charge < -0.3 is 0 Å². The van der Waals surface area contributed by atoms with Gasteiger partial charge >= 0.3 is 0 Å². The third-order valence-electron chi connectivity index (χ3n) is 8.36. The molecule has 0 aromatic rings. The molecule has 177 valence electrons. The van der Waals surface area contributed by atoms with E-state index in [2.05, 4.69) is 6.92 Å². The summed E-state index contributed by atoms with van der Waals surface area (Å²) in [5.74, 6) is 4.10. The largest absolute Gasteiger partial charge is 0.0654 e. The Kier molecular flexibility index (Phi) is 16.2. The number of hydrogen-bond acceptors (Lipinski definition) is 0. The Morgan fingerprint density at radius 1 is 0.533 bits per heavy atom. The molecule has 1 atom stereocenters. The van der Waals surface area contributed by atoms with Gasteiger partial charge in [0.15, 0.2) is 0 Å². The summed E-state index contributed by atoms with van der Waals surface area (Å²) in [5, 5.41) is 0. The standard InChI is InChI=1S/C30H57/c1-2-3-4-5-6-7-8-9-10-11-12-13-14-15-22-27-30(28-23-18-16-19-24-28)29-25-20-17-21-26-29/h28,30H,2-27H2,1H3. The van der Waals surface area contributed by atoms with E-state index in [-0.39, 0.29) is 0 Å². The third-order valence-corrected chi connectivity index (χ3v) is 8.36. The summed E-state index contributed by atoms with van der Waals surface area (Å²) in [5.41, 5.74) is 0. The highest BCUT2D eigenvalue weighted by Gasteiger charge is 2.31. The first-order valence-electron chi connectivity index (χ1n) is 14.8. The van der Waals surface area contributed by atoms with Crippen molar-refractivity contribution in [3.05, 3.63) is 5.92 Å². The fraction of sp³-hybridized carbons (Fsp3) is 0.967. The van der Waals surface area contributed by atoms with Crippen LogP contribution in [0.25, 0.3) is 0 Å². The van der Waals surface area contributed by atoms with Crippen LogP contribution in [0.3, 0.4) is 0 Å². The number of hydrogen-bond donors (Lipinski definition) is 0. The van der Waals surface area contributed by atoms with Crippen LogP contribution >= 0.6 is 0 Å². The highest BCUT2D eigenvalue weighted by atomic mass is 14.4. The summed E-state index contributed by atoms with van der Waals surface area (Å²) < 4.78 is 0. The first kappa shape index (κ1) is 26.3. The maximum Gasteiger partial charge on any atom is -0.0207 e. The van der Waals surface area contributed by atoms with Gasteiger partial charge in [-0.25, -0.2) is 0 Å². The predicted octanol–water partition coefficient (Wildman–Crippen LogP) is 11.0. The zero-order chi connectivity index (χ0) is 21.1. The summed E-state index contributed by atoms with van der Waals surface area (Å²) in [6.45, 7) is 2.31. The van der Waals surface area contributed by atoms with Crippen molar-refractivity contribution in [2.75, 3.05) is 0 Å². The lowest BCUT2D eigenvalue weighted by Gasteiger charge is -2.37. The molecular weight excluding hydrogens is 360 g/mol. The van der Waals surface area contributed by atoms with E-state index < -0.39 is 0 Å². The maximum atomic E-state index is 2.31. The lowest BCUT2D eigenvalue weighted by Crippen LogP contribution is -2.26. The van der Waals surface area contributed by atoms with E-state index in [9.17, 15) is 0 Å². The van der Waals surface area contributed by atoms with E-state index in [1.54, 1.807) is 12.8 Å². The molecule has 2 saturated carbocycles. The molecule has 0 aromatic carbocycles. The Morgan fingerprint density at radius 3 is 1.47 bits per heavy atom. The second-order valence-corrected chi connectivity index (χ2v) is 11.0. The van der Waals surface area contributed by atoms with Gasteiger partial charge in [0.1, 0.15) is 0 Å². The summed E-state index contributed by atoms with van der Waals surface area (Å²) in [7, 11) is 0. The highest BCUT2D eigenvalue weighted by Crippen LogP contribution is 2.43. The zero-order valence-corrected chi connectivity index (χ0v) is 21.0. The Labute approximate surface area is 191 Å². The van der Waals surface area contributed by atoms with Gasteiger partial charge in [0.05, 0.1) is 0 Å². The molecule has 0 heteroatoms. The Morgan fingerprint density at radius 2 is 0.967 bits per heavy atom. The molecule has 2 rings (SSSR count). The van der Waals surface area contributed by atoms with Crippen LogP contribution in [-0.4, -0.2) is 0 Å². The molecule has 0 heterocycles. The van der Waals surface area contributed by atoms with Crippen LogP contribution in [0.5, 0.6) is 0 Å². The zero-order valence-electron chi connectivity index (χ0n) is 21.0. The summed E-state index contributed by atoms with van der Waals surface area (Å²) >= 11 is 0. The average molecular weight is 418 g/mol. The normalized spacial score (nSPS) is 19.0. The van der Waals surface area contributed by atoms with Crippen molar-refractivity contribution in [1.82, 2.24) is 0 Å². The molecule has 0 amide bonds. The van der Waals surface area contributed by atoms with Gasteiger partial charge in [0, 0.05) is 0 Å². The second-order valence-electron chi connectivity index (χ2n) is 11.0. The van der Waals surface area contributed by atoms with Crippen LogP contribution in [0.15, 0.2) is 0 Å². The van der Waals surface area contributed by atoms with Crippen molar-refractivity contribution in [1.29, 1.82) is 0 Å². The Bertz CT molecular complexity index is 329. The van der Waals surface area contributed by atoms with Crippen LogP contribution in [0.4, 0.5) is 0 Å². The molecule has 2 fully saturated rings. The lowest BCUT2D eigenvalue weighted by molar-refractivity contribution is 0.219. The smallest absolute Gasteiger partial charge is 0.0207 e. The minimum atomic E-state index is 1.02. The topological polar surface area (TPSA) is 0 Å². The Balaban J connectivity index is 1.42. The van der Waals surface area contributed by atoms with E-state index in [0.29, 0.717) is 0 Å². The van der Waals surface area contributed by atoms with Gasteiger partial charge in [0.25, 0.3) is 0 Å².